The van der Waals surface area contributed by atoms with E-state index >= 15 is 0 Å². The Morgan fingerprint density at radius 2 is 1.76 bits per heavy atom. The number of aliphatic hydroxyl groups is 1. The summed E-state index contributed by atoms with van der Waals surface area (Å²) in [5.41, 5.74) is 3.47. The molecule has 3 aromatic rings. The molecular formula is C27H31N5O5. The number of β-amino-alcohol motifs (C(OH)–C–C–N with tert-alkyl or cyclic N) is 1. The molecule has 0 saturated carbocycles. The van der Waals surface area contributed by atoms with E-state index in [0.717, 1.165) is 29.2 Å². The number of hydrogen-bond acceptors (Lipinski definition) is 7. The number of carbonyl (C=O) groups is 2. The zero-order valence-electron chi connectivity index (χ0n) is 21.3. The van der Waals surface area contributed by atoms with Gasteiger partial charge in [-0.1, -0.05) is 0 Å². The lowest BCUT2D eigenvalue weighted by molar-refractivity contribution is -0.119. The Balaban J connectivity index is 1.36. The zero-order valence-corrected chi connectivity index (χ0v) is 21.3. The fraction of sp³-hybridized carbons (Fsp3) is 0.370. The van der Waals surface area contributed by atoms with Gasteiger partial charge in [-0.3, -0.25) is 14.5 Å². The van der Waals surface area contributed by atoms with Crippen LogP contribution in [-0.2, 0) is 11.2 Å². The van der Waals surface area contributed by atoms with Crippen LogP contribution in [0.25, 0.3) is 5.69 Å². The van der Waals surface area contributed by atoms with Gasteiger partial charge >= 0.3 is 0 Å². The van der Waals surface area contributed by atoms with Crippen LogP contribution in [0, 0.1) is 0 Å². The molecule has 2 aliphatic rings. The first-order valence-electron chi connectivity index (χ1n) is 12.3. The van der Waals surface area contributed by atoms with Crippen molar-refractivity contribution in [2.24, 2.45) is 0 Å². The summed E-state index contributed by atoms with van der Waals surface area (Å²) in [7, 11) is 4.90. The number of ether oxygens (including phenoxy) is 2. The van der Waals surface area contributed by atoms with Crippen LogP contribution in [0.2, 0.25) is 0 Å². The Hall–Kier alpha value is -3.89. The topological polar surface area (TPSA) is 100 Å². The number of carbonyl (C=O) groups excluding carboxylic acids is 2. The van der Waals surface area contributed by atoms with E-state index in [9.17, 15) is 14.7 Å². The molecule has 1 aromatic heterocycles. The van der Waals surface area contributed by atoms with Crippen molar-refractivity contribution in [2.45, 2.75) is 18.9 Å². The Morgan fingerprint density at radius 3 is 2.38 bits per heavy atom. The number of aromatic nitrogens is 2. The second kappa shape index (κ2) is 10.2. The minimum Gasteiger partial charge on any atom is -0.497 e. The van der Waals surface area contributed by atoms with E-state index in [1.807, 2.05) is 53.4 Å². The van der Waals surface area contributed by atoms with E-state index in [1.54, 1.807) is 35.7 Å². The van der Waals surface area contributed by atoms with E-state index in [4.69, 9.17) is 9.47 Å². The molecule has 3 heterocycles. The van der Waals surface area contributed by atoms with Gasteiger partial charge in [-0.05, 0) is 61.4 Å². The van der Waals surface area contributed by atoms with E-state index in [2.05, 4.69) is 5.10 Å². The summed E-state index contributed by atoms with van der Waals surface area (Å²) >= 11 is 0. The predicted octanol–water partition coefficient (Wildman–Crippen LogP) is 2.12. The number of rotatable bonds is 7. The Labute approximate surface area is 215 Å². The smallest absolute Gasteiger partial charge is 0.277 e. The minimum absolute atomic E-state index is 0.0453. The Bertz CT molecular complexity index is 1290. The number of likely N-dealkylation sites (tertiary alicyclic amines) is 1. The van der Waals surface area contributed by atoms with Crippen LogP contribution < -0.4 is 19.3 Å². The highest BCUT2D eigenvalue weighted by Gasteiger charge is 2.34. The van der Waals surface area contributed by atoms with Gasteiger partial charge in [0, 0.05) is 43.6 Å². The summed E-state index contributed by atoms with van der Waals surface area (Å²) < 4.78 is 12.4. The third-order valence-electron chi connectivity index (χ3n) is 7.02. The molecule has 1 unspecified atom stereocenters. The normalized spacial score (nSPS) is 17.6. The van der Waals surface area contributed by atoms with Crippen molar-refractivity contribution in [2.75, 3.05) is 57.2 Å². The lowest BCUT2D eigenvalue weighted by Gasteiger charge is -2.28. The lowest BCUT2D eigenvalue weighted by atomic mass is 10.0. The largest absolute Gasteiger partial charge is 0.497 e. The van der Waals surface area contributed by atoms with E-state index in [1.165, 1.54) is 0 Å². The van der Waals surface area contributed by atoms with Gasteiger partial charge in [0.2, 0.25) is 11.8 Å². The molecule has 10 nitrogen and oxygen atoms in total. The first kappa shape index (κ1) is 24.8. The number of benzene rings is 2. The van der Waals surface area contributed by atoms with Gasteiger partial charge in [0.25, 0.3) is 5.91 Å². The van der Waals surface area contributed by atoms with Crippen LogP contribution in [0.4, 0.5) is 11.4 Å². The molecule has 1 fully saturated rings. The molecule has 1 saturated heterocycles. The van der Waals surface area contributed by atoms with Gasteiger partial charge < -0.3 is 24.4 Å². The molecule has 0 radical (unpaired) electrons. The summed E-state index contributed by atoms with van der Waals surface area (Å²) in [6, 6.07) is 14.7. The number of likely N-dealkylation sites (N-methyl/N-ethyl adjacent to an activating group) is 1. The van der Waals surface area contributed by atoms with Crippen molar-refractivity contribution in [3.05, 3.63) is 59.8 Å². The average molecular weight is 506 g/mol. The van der Waals surface area contributed by atoms with Crippen LogP contribution in [0.3, 0.4) is 0 Å². The van der Waals surface area contributed by atoms with Gasteiger partial charge in [0.05, 0.1) is 32.6 Å². The zero-order chi connectivity index (χ0) is 26.1. The number of fused-ring (bicyclic) bond motifs is 1. The van der Waals surface area contributed by atoms with Crippen LogP contribution >= 0.6 is 0 Å². The van der Waals surface area contributed by atoms with Crippen LogP contribution in [0.5, 0.6) is 11.6 Å². The highest BCUT2D eigenvalue weighted by atomic mass is 16.5. The summed E-state index contributed by atoms with van der Waals surface area (Å²) in [5.74, 6) is 0.944. The molecule has 194 valence electrons. The molecule has 2 amide bonds. The number of hydrogen-bond donors (Lipinski definition) is 1. The third-order valence-corrected chi connectivity index (χ3v) is 7.02. The van der Waals surface area contributed by atoms with Crippen LogP contribution in [-0.4, -0.2) is 85.2 Å². The highest BCUT2D eigenvalue weighted by molar-refractivity contribution is 6.08. The fourth-order valence-electron chi connectivity index (χ4n) is 4.90. The maximum absolute atomic E-state index is 13.7. The molecule has 0 bridgehead atoms. The van der Waals surface area contributed by atoms with E-state index < -0.39 is 0 Å². The maximum Gasteiger partial charge on any atom is 0.277 e. The van der Waals surface area contributed by atoms with Gasteiger partial charge in [0.15, 0.2) is 0 Å². The van der Waals surface area contributed by atoms with Crippen molar-refractivity contribution in [1.29, 1.82) is 0 Å². The molecule has 2 aliphatic heterocycles. The van der Waals surface area contributed by atoms with Crippen molar-refractivity contribution in [1.82, 2.24) is 14.7 Å². The van der Waals surface area contributed by atoms with Crippen LogP contribution in [0.15, 0.2) is 48.5 Å². The van der Waals surface area contributed by atoms with Gasteiger partial charge in [-0.2, -0.15) is 0 Å². The summed E-state index contributed by atoms with van der Waals surface area (Å²) in [4.78, 5) is 31.7. The Kier molecular flexibility index (Phi) is 6.86. The summed E-state index contributed by atoms with van der Waals surface area (Å²) in [6.45, 7) is 1.99. The average Bonchev–Trinajstić information content (AvgIpc) is 3.52. The molecule has 1 atom stereocenters. The highest BCUT2D eigenvalue weighted by Crippen LogP contribution is 2.33. The molecule has 5 rings (SSSR count). The molecule has 0 aliphatic carbocycles. The number of nitrogens with zero attached hydrogens (tertiary/aromatic N) is 5. The molecular weight excluding hydrogens is 474 g/mol. The molecule has 37 heavy (non-hydrogen) atoms. The monoisotopic (exact) mass is 505 g/mol. The quantitative estimate of drug-likeness (QED) is 0.525. The van der Waals surface area contributed by atoms with Crippen molar-refractivity contribution in [3.63, 3.8) is 0 Å². The molecule has 0 spiro atoms. The van der Waals surface area contributed by atoms with Gasteiger partial charge in [-0.25, -0.2) is 4.68 Å². The molecule has 2 aromatic carbocycles. The number of amides is 2. The van der Waals surface area contributed by atoms with E-state index in [-0.39, 0.29) is 24.5 Å². The summed E-state index contributed by atoms with van der Waals surface area (Å²) in [5, 5.41) is 14.3. The second-order valence-electron chi connectivity index (χ2n) is 9.30. The number of aliphatic hydroxyl groups excluding tert-OH is 1. The van der Waals surface area contributed by atoms with Crippen molar-refractivity contribution >= 4 is 23.2 Å². The number of anilines is 2. The fourth-order valence-corrected chi connectivity index (χ4v) is 4.90. The summed E-state index contributed by atoms with van der Waals surface area (Å²) in [6.07, 6.45) is 0.934. The number of methoxy groups -OCH3 is 2. The van der Waals surface area contributed by atoms with Crippen molar-refractivity contribution in [3.8, 4) is 17.3 Å². The van der Waals surface area contributed by atoms with Crippen LogP contribution in [0.1, 0.15) is 22.5 Å². The van der Waals surface area contributed by atoms with Gasteiger partial charge in [-0.15, -0.1) is 5.10 Å². The van der Waals surface area contributed by atoms with Crippen molar-refractivity contribution < 1.29 is 24.2 Å². The first-order valence-corrected chi connectivity index (χ1v) is 12.3. The lowest BCUT2D eigenvalue weighted by Crippen LogP contribution is -2.39. The second-order valence-corrected chi connectivity index (χ2v) is 9.30. The molecule has 1 N–H and O–H groups in total. The standard InChI is InChI=1S/C27H31N5O5/c1-29(24(34)17-30-14-12-21(33)16-30)18-4-6-19(7-5-18)31-15-13-23-25(27(31)35)32(28-26(23)37-3)20-8-10-22(36-2)11-9-20/h4-11,21,33H,12-17H2,1-3H3. The Morgan fingerprint density at radius 1 is 1.05 bits per heavy atom. The molecule has 10 heteroatoms. The first-order chi connectivity index (χ1) is 17.9. The van der Waals surface area contributed by atoms with Gasteiger partial charge in [0.1, 0.15) is 11.4 Å². The third kappa shape index (κ3) is 4.77. The SMILES string of the molecule is COc1ccc(-n2nc(OC)c3c2C(=O)N(c2ccc(N(C)C(=O)CN4CCC(O)C4)cc2)CC3)cc1. The predicted molar refractivity (Wildman–Crippen MR) is 139 cm³/mol. The maximum atomic E-state index is 13.7. The minimum atomic E-state index is -0.360. The van der Waals surface area contributed by atoms with E-state index in [0.29, 0.717) is 43.3 Å².